The molecule has 0 aliphatic rings. The van der Waals surface area contributed by atoms with Crippen molar-refractivity contribution in [3.63, 3.8) is 0 Å². The molecule has 3 aromatic heterocycles. The summed E-state index contributed by atoms with van der Waals surface area (Å²) in [5, 5.41) is 3.63. The zero-order valence-electron chi connectivity index (χ0n) is 33.1. The molecule has 0 atom stereocenters. The molecule has 3 heterocycles. The van der Waals surface area contributed by atoms with Crippen LogP contribution >= 0.6 is 11.3 Å². The number of rotatable bonds is 8. The molecule has 282 valence electrons. The quantitative estimate of drug-likeness (QED) is 0.144. The van der Waals surface area contributed by atoms with E-state index in [4.69, 9.17) is 15.0 Å². The number of para-hydroxylation sites is 1. The maximum atomic E-state index is 5.30. The third-order valence-corrected chi connectivity index (χ3v) is 12.4. The predicted octanol–water partition coefficient (Wildman–Crippen LogP) is 14.4. The SMILES string of the molecule is C=C/C=C(/c1ccc(-n2c3ccccc3c3cc(-c4cc(C)cc(C)c4)ccc32)c(-c2nc(-c3ccccc3)nc(-c3ccccc3)n2)c1)c1sc2ccccc2c1C. The highest BCUT2D eigenvalue weighted by atomic mass is 32.1. The van der Waals surface area contributed by atoms with E-state index in [1.807, 2.05) is 53.8 Å². The van der Waals surface area contributed by atoms with Crippen molar-refractivity contribution in [2.75, 3.05) is 0 Å². The van der Waals surface area contributed by atoms with Crippen molar-refractivity contribution in [3.05, 3.63) is 210 Å². The summed E-state index contributed by atoms with van der Waals surface area (Å²) in [4.78, 5) is 16.9. The first-order valence-corrected chi connectivity index (χ1v) is 20.7. The molecule has 0 saturated heterocycles. The first-order valence-electron chi connectivity index (χ1n) is 19.9. The Kier molecular flexibility index (Phi) is 9.16. The number of thiophene rings is 1. The number of nitrogens with zero attached hydrogens (tertiary/aromatic N) is 4. The minimum absolute atomic E-state index is 0.596. The van der Waals surface area contributed by atoms with Crippen LogP contribution in [-0.4, -0.2) is 19.5 Å². The molecular weight excluding hydrogens is 737 g/mol. The molecule has 0 fully saturated rings. The maximum Gasteiger partial charge on any atom is 0.166 e. The fourth-order valence-corrected chi connectivity index (χ4v) is 9.67. The Hall–Kier alpha value is -7.21. The van der Waals surface area contributed by atoms with Gasteiger partial charge in [0, 0.05) is 37.0 Å². The number of aryl methyl sites for hydroxylation is 3. The van der Waals surface area contributed by atoms with E-state index in [1.54, 1.807) is 0 Å². The lowest BCUT2D eigenvalue weighted by atomic mass is 9.97. The summed E-state index contributed by atoms with van der Waals surface area (Å²) in [6, 6.07) is 58.0. The molecule has 0 aliphatic carbocycles. The average Bonchev–Trinajstić information content (AvgIpc) is 3.79. The van der Waals surface area contributed by atoms with Gasteiger partial charge in [-0.1, -0.05) is 157 Å². The van der Waals surface area contributed by atoms with Gasteiger partial charge in [0.15, 0.2) is 17.5 Å². The first-order chi connectivity index (χ1) is 28.9. The number of hydrogen-bond donors (Lipinski definition) is 0. The largest absolute Gasteiger partial charge is 0.309 e. The fraction of sp³-hybridized carbons (Fsp3) is 0.0556. The summed E-state index contributed by atoms with van der Waals surface area (Å²) in [7, 11) is 0. The Morgan fingerprint density at radius 2 is 1.14 bits per heavy atom. The number of aromatic nitrogens is 4. The van der Waals surface area contributed by atoms with E-state index in [0.29, 0.717) is 17.5 Å². The van der Waals surface area contributed by atoms with Crippen molar-refractivity contribution in [3.8, 4) is 51.0 Å². The summed E-state index contributed by atoms with van der Waals surface area (Å²) in [5.74, 6) is 1.83. The van der Waals surface area contributed by atoms with E-state index in [2.05, 4.69) is 165 Å². The maximum absolute atomic E-state index is 5.30. The highest BCUT2D eigenvalue weighted by Gasteiger charge is 2.22. The summed E-state index contributed by atoms with van der Waals surface area (Å²) in [6.45, 7) is 10.7. The third kappa shape index (κ3) is 6.56. The third-order valence-electron chi connectivity index (χ3n) is 11.1. The summed E-state index contributed by atoms with van der Waals surface area (Å²) in [5.41, 5.74) is 14.3. The normalized spacial score (nSPS) is 11.8. The van der Waals surface area contributed by atoms with Gasteiger partial charge in [0.1, 0.15) is 0 Å². The minimum Gasteiger partial charge on any atom is -0.309 e. The molecule has 0 amide bonds. The molecule has 59 heavy (non-hydrogen) atoms. The Morgan fingerprint density at radius 3 is 1.81 bits per heavy atom. The van der Waals surface area contributed by atoms with Crippen LogP contribution in [0.4, 0.5) is 0 Å². The Bertz CT molecular complexity index is 3180. The van der Waals surface area contributed by atoms with Gasteiger partial charge in [0.25, 0.3) is 0 Å². The fourth-order valence-electron chi connectivity index (χ4n) is 8.41. The van der Waals surface area contributed by atoms with Crippen LogP contribution in [0.1, 0.15) is 27.1 Å². The summed E-state index contributed by atoms with van der Waals surface area (Å²) >= 11 is 1.81. The minimum atomic E-state index is 0.596. The Balaban J connectivity index is 1.27. The molecule has 0 unspecified atom stereocenters. The second-order valence-corrected chi connectivity index (χ2v) is 16.2. The van der Waals surface area contributed by atoms with Crippen molar-refractivity contribution < 1.29 is 0 Å². The lowest BCUT2D eigenvalue weighted by Gasteiger charge is -2.17. The van der Waals surface area contributed by atoms with Crippen LogP contribution in [0, 0.1) is 20.8 Å². The molecule has 0 radical (unpaired) electrons. The smallest absolute Gasteiger partial charge is 0.166 e. The van der Waals surface area contributed by atoms with Crippen molar-refractivity contribution in [1.29, 1.82) is 0 Å². The number of benzene rings is 7. The van der Waals surface area contributed by atoms with Crippen LogP contribution in [0.25, 0.3) is 88.4 Å². The summed E-state index contributed by atoms with van der Waals surface area (Å²) in [6.07, 6.45) is 4.01. The molecule has 5 heteroatoms. The lowest BCUT2D eigenvalue weighted by molar-refractivity contribution is 1.06. The monoisotopic (exact) mass is 776 g/mol. The molecule has 7 aromatic carbocycles. The van der Waals surface area contributed by atoms with Gasteiger partial charge >= 0.3 is 0 Å². The Morgan fingerprint density at radius 1 is 0.525 bits per heavy atom. The van der Waals surface area contributed by atoms with E-state index >= 15 is 0 Å². The highest BCUT2D eigenvalue weighted by Crippen LogP contribution is 2.42. The van der Waals surface area contributed by atoms with Crippen LogP contribution in [0.15, 0.2) is 183 Å². The zero-order chi connectivity index (χ0) is 40.0. The van der Waals surface area contributed by atoms with E-state index in [-0.39, 0.29) is 0 Å². The van der Waals surface area contributed by atoms with Gasteiger partial charge in [-0.25, -0.2) is 15.0 Å². The zero-order valence-corrected chi connectivity index (χ0v) is 34.0. The summed E-state index contributed by atoms with van der Waals surface area (Å²) < 4.78 is 3.64. The van der Waals surface area contributed by atoms with E-state index in [0.717, 1.165) is 44.5 Å². The van der Waals surface area contributed by atoms with Crippen molar-refractivity contribution >= 4 is 48.8 Å². The van der Waals surface area contributed by atoms with Gasteiger partial charge in [-0.15, -0.1) is 11.3 Å². The molecule has 0 spiro atoms. The Labute approximate surface area is 348 Å². The molecule has 4 nitrogen and oxygen atoms in total. The highest BCUT2D eigenvalue weighted by molar-refractivity contribution is 7.20. The van der Waals surface area contributed by atoms with Crippen LogP contribution in [0.5, 0.6) is 0 Å². The first kappa shape index (κ1) is 36.2. The molecule has 0 saturated carbocycles. The van der Waals surface area contributed by atoms with Gasteiger partial charge in [-0.2, -0.15) is 0 Å². The average molecular weight is 777 g/mol. The molecular formula is C54H40N4S. The number of hydrogen-bond acceptors (Lipinski definition) is 4. The predicted molar refractivity (Wildman–Crippen MR) is 249 cm³/mol. The second kappa shape index (κ2) is 14.9. The molecule has 0 aliphatic heterocycles. The molecule has 10 aromatic rings. The molecule has 0 bridgehead atoms. The standard InChI is InChI=1S/C54H40N4S/c1-5-16-43(51-36(4)42-21-13-15-24-50(42)59-51)40-26-28-49(46(33-40)54-56-52(37-17-8-6-9-18-37)55-53(57-54)38-19-10-7-11-20-38)58-47-23-14-12-22-44(47)45-32-39(25-27-48(45)58)41-30-34(2)29-35(3)31-41/h5-33H,1H2,2-4H3/b43-16-. The van der Waals surface area contributed by atoms with Crippen molar-refractivity contribution in [2.45, 2.75) is 20.8 Å². The van der Waals surface area contributed by atoms with E-state index < -0.39 is 0 Å². The second-order valence-electron chi connectivity index (χ2n) is 15.1. The van der Waals surface area contributed by atoms with Gasteiger partial charge in [0.2, 0.25) is 0 Å². The van der Waals surface area contributed by atoms with Crippen LogP contribution in [0.3, 0.4) is 0 Å². The van der Waals surface area contributed by atoms with Crippen molar-refractivity contribution in [2.24, 2.45) is 0 Å². The van der Waals surface area contributed by atoms with Gasteiger partial charge in [-0.05, 0) is 90.4 Å². The van der Waals surface area contributed by atoms with Gasteiger partial charge in [-0.3, -0.25) is 0 Å². The van der Waals surface area contributed by atoms with Crippen molar-refractivity contribution in [1.82, 2.24) is 19.5 Å². The van der Waals surface area contributed by atoms with Crippen LogP contribution in [0.2, 0.25) is 0 Å². The number of allylic oxidation sites excluding steroid dienone is 2. The molecule has 0 N–H and O–H groups in total. The van der Waals surface area contributed by atoms with E-state index in [9.17, 15) is 0 Å². The number of fused-ring (bicyclic) bond motifs is 4. The van der Waals surface area contributed by atoms with Crippen LogP contribution < -0.4 is 0 Å². The van der Waals surface area contributed by atoms with Gasteiger partial charge in [0.05, 0.1) is 16.7 Å². The topological polar surface area (TPSA) is 43.6 Å². The van der Waals surface area contributed by atoms with Crippen LogP contribution in [-0.2, 0) is 0 Å². The van der Waals surface area contributed by atoms with E-state index in [1.165, 1.54) is 53.6 Å². The van der Waals surface area contributed by atoms with Gasteiger partial charge < -0.3 is 4.57 Å². The lowest BCUT2D eigenvalue weighted by Crippen LogP contribution is -2.04. The molecule has 10 rings (SSSR count).